The van der Waals surface area contributed by atoms with Crippen LogP contribution < -0.4 is 10.6 Å². The first-order chi connectivity index (χ1) is 7.24. The summed E-state index contributed by atoms with van der Waals surface area (Å²) in [6.07, 6.45) is 1.63. The normalized spacial score (nSPS) is 22.7. The molecule has 1 amide bonds. The van der Waals surface area contributed by atoms with Crippen molar-refractivity contribution in [2.24, 2.45) is 5.92 Å². The monoisotopic (exact) mass is 214 g/mol. The number of hydrogen-bond donors (Lipinski definition) is 2. The van der Waals surface area contributed by atoms with Gasteiger partial charge in [0.15, 0.2) is 0 Å². The Morgan fingerprint density at radius 2 is 2.47 bits per heavy atom. The molecule has 1 aliphatic heterocycles. The zero-order chi connectivity index (χ0) is 11.1. The molecule has 0 saturated carbocycles. The zero-order valence-electron chi connectivity index (χ0n) is 9.71. The maximum atomic E-state index is 11.5. The number of hydrogen-bond acceptors (Lipinski definition) is 3. The van der Waals surface area contributed by atoms with Crippen molar-refractivity contribution in [2.45, 2.75) is 32.7 Å². The first-order valence-electron chi connectivity index (χ1n) is 5.82. The second-order valence-electron chi connectivity index (χ2n) is 4.06. The summed E-state index contributed by atoms with van der Waals surface area (Å²) in [5, 5.41) is 6.32. The molecule has 1 saturated heterocycles. The molecule has 0 radical (unpaired) electrons. The van der Waals surface area contributed by atoms with E-state index in [9.17, 15) is 4.79 Å². The van der Waals surface area contributed by atoms with E-state index in [0.717, 1.165) is 19.5 Å². The van der Waals surface area contributed by atoms with Gasteiger partial charge in [-0.1, -0.05) is 0 Å². The predicted molar refractivity (Wildman–Crippen MR) is 59.7 cm³/mol. The van der Waals surface area contributed by atoms with Gasteiger partial charge >= 0.3 is 0 Å². The lowest BCUT2D eigenvalue weighted by Gasteiger charge is -2.19. The average Bonchev–Trinajstić information content (AvgIpc) is 2.70. The van der Waals surface area contributed by atoms with E-state index in [1.54, 1.807) is 0 Å². The summed E-state index contributed by atoms with van der Waals surface area (Å²) in [7, 11) is 0. The Balaban J connectivity index is 2.13. The Morgan fingerprint density at radius 1 is 1.67 bits per heavy atom. The standard InChI is InChI=1S/C11H22N2O2/c1-3-15-7-5-11(14)13-9(2)10-4-6-12-8-10/h9-10,12H,3-8H2,1-2H3,(H,13,14). The van der Waals surface area contributed by atoms with Crippen molar-refractivity contribution in [1.82, 2.24) is 10.6 Å². The molecule has 1 fully saturated rings. The fourth-order valence-corrected chi connectivity index (χ4v) is 1.86. The molecular formula is C11H22N2O2. The van der Waals surface area contributed by atoms with E-state index in [2.05, 4.69) is 17.6 Å². The zero-order valence-corrected chi connectivity index (χ0v) is 9.71. The molecule has 2 N–H and O–H groups in total. The quantitative estimate of drug-likeness (QED) is 0.634. The Hall–Kier alpha value is -0.610. The van der Waals surface area contributed by atoms with Crippen LogP contribution in [-0.2, 0) is 9.53 Å². The fraction of sp³-hybridized carbons (Fsp3) is 0.909. The number of nitrogens with one attached hydrogen (secondary N) is 2. The minimum Gasteiger partial charge on any atom is -0.381 e. The first kappa shape index (κ1) is 12.5. The highest BCUT2D eigenvalue weighted by Crippen LogP contribution is 2.12. The van der Waals surface area contributed by atoms with Crippen LogP contribution >= 0.6 is 0 Å². The minimum atomic E-state index is 0.0999. The van der Waals surface area contributed by atoms with Crippen LogP contribution in [0, 0.1) is 5.92 Å². The van der Waals surface area contributed by atoms with Crippen molar-refractivity contribution in [3.8, 4) is 0 Å². The topological polar surface area (TPSA) is 50.4 Å². The Kier molecular flexibility index (Phi) is 5.65. The molecule has 0 aromatic rings. The highest BCUT2D eigenvalue weighted by molar-refractivity contribution is 5.76. The summed E-state index contributed by atoms with van der Waals surface area (Å²) in [4.78, 5) is 11.5. The molecule has 0 aromatic heterocycles. The number of carbonyl (C=O) groups is 1. The van der Waals surface area contributed by atoms with Gasteiger partial charge in [0.25, 0.3) is 0 Å². The third-order valence-corrected chi connectivity index (χ3v) is 2.87. The van der Waals surface area contributed by atoms with Crippen molar-refractivity contribution in [3.05, 3.63) is 0 Å². The van der Waals surface area contributed by atoms with Crippen LogP contribution in [0.1, 0.15) is 26.7 Å². The van der Waals surface area contributed by atoms with Gasteiger partial charge in [0.2, 0.25) is 5.91 Å². The Labute approximate surface area is 91.8 Å². The van der Waals surface area contributed by atoms with E-state index in [1.165, 1.54) is 0 Å². The maximum Gasteiger partial charge on any atom is 0.222 e. The molecule has 2 atom stereocenters. The van der Waals surface area contributed by atoms with Gasteiger partial charge in [0, 0.05) is 19.1 Å². The molecule has 0 bridgehead atoms. The van der Waals surface area contributed by atoms with Crippen LogP contribution in [0.4, 0.5) is 0 Å². The molecule has 0 aliphatic carbocycles. The van der Waals surface area contributed by atoms with Crippen LogP contribution in [0.3, 0.4) is 0 Å². The molecule has 1 heterocycles. The van der Waals surface area contributed by atoms with E-state index in [1.807, 2.05) is 6.92 Å². The molecule has 4 heteroatoms. The van der Waals surface area contributed by atoms with Gasteiger partial charge in [-0.05, 0) is 39.3 Å². The number of ether oxygens (including phenoxy) is 1. The van der Waals surface area contributed by atoms with E-state index < -0.39 is 0 Å². The summed E-state index contributed by atoms with van der Waals surface area (Å²) < 4.78 is 5.14. The van der Waals surface area contributed by atoms with Gasteiger partial charge in [-0.25, -0.2) is 0 Å². The van der Waals surface area contributed by atoms with E-state index in [4.69, 9.17) is 4.74 Å². The smallest absolute Gasteiger partial charge is 0.222 e. The molecule has 0 spiro atoms. The van der Waals surface area contributed by atoms with E-state index in [0.29, 0.717) is 25.6 Å². The third-order valence-electron chi connectivity index (χ3n) is 2.87. The lowest BCUT2D eigenvalue weighted by molar-refractivity contribution is -0.123. The molecular weight excluding hydrogens is 192 g/mol. The second kappa shape index (κ2) is 6.80. The summed E-state index contributed by atoms with van der Waals surface area (Å²) in [5.74, 6) is 0.684. The minimum absolute atomic E-state index is 0.0999. The summed E-state index contributed by atoms with van der Waals surface area (Å²) >= 11 is 0. The third kappa shape index (κ3) is 4.62. The predicted octanol–water partition coefficient (Wildman–Crippen LogP) is 0.527. The molecule has 2 unspecified atom stereocenters. The van der Waals surface area contributed by atoms with Crippen LogP contribution in [0.15, 0.2) is 0 Å². The number of rotatable bonds is 6. The highest BCUT2D eigenvalue weighted by atomic mass is 16.5. The van der Waals surface area contributed by atoms with Crippen molar-refractivity contribution in [1.29, 1.82) is 0 Å². The van der Waals surface area contributed by atoms with Crippen molar-refractivity contribution in [3.63, 3.8) is 0 Å². The summed E-state index contributed by atoms with van der Waals surface area (Å²) in [6, 6.07) is 0.272. The van der Waals surface area contributed by atoms with Crippen molar-refractivity contribution in [2.75, 3.05) is 26.3 Å². The van der Waals surface area contributed by atoms with Crippen LogP contribution in [0.25, 0.3) is 0 Å². The van der Waals surface area contributed by atoms with Gasteiger partial charge in [-0.3, -0.25) is 4.79 Å². The summed E-state index contributed by atoms with van der Waals surface area (Å²) in [6.45, 7) is 7.31. The number of carbonyl (C=O) groups excluding carboxylic acids is 1. The number of amides is 1. The van der Waals surface area contributed by atoms with E-state index in [-0.39, 0.29) is 11.9 Å². The Bertz CT molecular complexity index is 191. The first-order valence-corrected chi connectivity index (χ1v) is 5.82. The van der Waals surface area contributed by atoms with Gasteiger partial charge in [0.05, 0.1) is 6.61 Å². The molecule has 1 aliphatic rings. The maximum absolute atomic E-state index is 11.5. The lowest BCUT2D eigenvalue weighted by Crippen LogP contribution is -2.39. The summed E-state index contributed by atoms with van der Waals surface area (Å²) in [5.41, 5.74) is 0. The largest absolute Gasteiger partial charge is 0.381 e. The molecule has 4 nitrogen and oxygen atoms in total. The van der Waals surface area contributed by atoms with Gasteiger partial charge in [-0.15, -0.1) is 0 Å². The van der Waals surface area contributed by atoms with E-state index >= 15 is 0 Å². The van der Waals surface area contributed by atoms with Gasteiger partial charge < -0.3 is 15.4 Å². The van der Waals surface area contributed by atoms with Gasteiger partial charge in [-0.2, -0.15) is 0 Å². The van der Waals surface area contributed by atoms with Crippen LogP contribution in [-0.4, -0.2) is 38.3 Å². The lowest BCUT2D eigenvalue weighted by atomic mass is 10.0. The average molecular weight is 214 g/mol. The van der Waals surface area contributed by atoms with Crippen molar-refractivity contribution >= 4 is 5.91 Å². The van der Waals surface area contributed by atoms with Crippen molar-refractivity contribution < 1.29 is 9.53 Å². The van der Waals surface area contributed by atoms with Gasteiger partial charge in [0.1, 0.15) is 0 Å². The van der Waals surface area contributed by atoms with Crippen LogP contribution in [0.2, 0.25) is 0 Å². The SMILES string of the molecule is CCOCCC(=O)NC(C)C1CCNC1. The fourth-order valence-electron chi connectivity index (χ4n) is 1.86. The highest BCUT2D eigenvalue weighted by Gasteiger charge is 2.22. The van der Waals surface area contributed by atoms with Crippen LogP contribution in [0.5, 0.6) is 0 Å². The molecule has 0 aromatic carbocycles. The molecule has 88 valence electrons. The molecule has 1 rings (SSSR count). The second-order valence-corrected chi connectivity index (χ2v) is 4.06. The molecule has 15 heavy (non-hydrogen) atoms. The Morgan fingerprint density at radius 3 is 3.07 bits per heavy atom.